The molecule has 0 aromatic heterocycles. The lowest BCUT2D eigenvalue weighted by atomic mass is 10.3. The van der Waals surface area contributed by atoms with Crippen LogP contribution in [0.4, 0.5) is 0 Å². The summed E-state index contributed by atoms with van der Waals surface area (Å²) in [6, 6.07) is 0. The van der Waals surface area contributed by atoms with Crippen LogP contribution in [0.1, 0.15) is 46.5 Å². The highest BCUT2D eigenvalue weighted by atomic mass is 15.1. The van der Waals surface area contributed by atoms with Crippen LogP contribution >= 0.6 is 0 Å². The molecule has 1 heteroatoms. The zero-order valence-corrected chi connectivity index (χ0v) is 9.55. The van der Waals surface area contributed by atoms with E-state index >= 15 is 0 Å². The van der Waals surface area contributed by atoms with Gasteiger partial charge < -0.3 is 0 Å². The van der Waals surface area contributed by atoms with Crippen molar-refractivity contribution < 1.29 is 0 Å². The Kier molecular flexibility index (Phi) is 9.56. The van der Waals surface area contributed by atoms with Gasteiger partial charge in [0, 0.05) is 6.54 Å². The lowest BCUT2D eigenvalue weighted by Crippen LogP contribution is -2.25. The van der Waals surface area contributed by atoms with Gasteiger partial charge in [-0.1, -0.05) is 39.3 Å². The minimum absolute atomic E-state index is 1.14. The molecule has 0 spiro atoms. The maximum atomic E-state index is 2.54. The Morgan fingerprint density at radius 2 is 1.69 bits per heavy atom. The Bertz CT molecular complexity index is 118. The number of rotatable bonds is 8. The van der Waals surface area contributed by atoms with Gasteiger partial charge in [-0.05, 0) is 32.4 Å². The van der Waals surface area contributed by atoms with Gasteiger partial charge in [0.1, 0.15) is 0 Å². The highest BCUT2D eigenvalue weighted by molar-refractivity contribution is 4.83. The number of nitrogens with zero attached hydrogens (tertiary/aromatic N) is 1. The van der Waals surface area contributed by atoms with Crippen molar-refractivity contribution in [3.05, 3.63) is 12.2 Å². The fraction of sp³-hybridized carbons (Fsp3) is 0.833. The third-order valence-corrected chi connectivity index (χ3v) is 2.13. The van der Waals surface area contributed by atoms with Crippen LogP contribution in [-0.2, 0) is 0 Å². The summed E-state index contributed by atoms with van der Waals surface area (Å²) in [6.45, 7) is 10.3. The molecule has 0 aliphatic carbocycles. The zero-order valence-electron chi connectivity index (χ0n) is 9.55. The minimum Gasteiger partial charge on any atom is -0.300 e. The number of allylic oxidation sites excluding steroid dienone is 1. The average molecular weight is 183 g/mol. The molecular weight excluding hydrogens is 158 g/mol. The van der Waals surface area contributed by atoms with Crippen LogP contribution in [0.15, 0.2) is 12.2 Å². The zero-order chi connectivity index (χ0) is 9.94. The summed E-state index contributed by atoms with van der Waals surface area (Å²) in [5.74, 6) is 0. The quantitative estimate of drug-likeness (QED) is 0.521. The van der Waals surface area contributed by atoms with Gasteiger partial charge in [-0.2, -0.15) is 0 Å². The second kappa shape index (κ2) is 9.79. The smallest absolute Gasteiger partial charge is 0.0163 e. The van der Waals surface area contributed by atoms with Gasteiger partial charge in [0.05, 0.1) is 0 Å². The summed E-state index contributed by atoms with van der Waals surface area (Å²) in [4.78, 5) is 2.54. The van der Waals surface area contributed by atoms with Crippen LogP contribution in [0.5, 0.6) is 0 Å². The second-order valence-corrected chi connectivity index (χ2v) is 3.53. The number of hydrogen-bond donors (Lipinski definition) is 0. The third kappa shape index (κ3) is 8.04. The SMILES string of the molecule is CCC=CCN(CCC)CCCC. The molecule has 0 bridgehead atoms. The Labute approximate surface area is 83.8 Å². The normalized spacial score (nSPS) is 11.7. The van der Waals surface area contributed by atoms with Crippen molar-refractivity contribution in [3.63, 3.8) is 0 Å². The minimum atomic E-state index is 1.14. The second-order valence-electron chi connectivity index (χ2n) is 3.53. The van der Waals surface area contributed by atoms with Crippen molar-refractivity contribution >= 4 is 0 Å². The lowest BCUT2D eigenvalue weighted by molar-refractivity contribution is 0.298. The molecule has 0 aromatic rings. The fourth-order valence-electron chi connectivity index (χ4n) is 1.38. The van der Waals surface area contributed by atoms with E-state index in [2.05, 4.69) is 37.8 Å². The number of hydrogen-bond acceptors (Lipinski definition) is 1. The van der Waals surface area contributed by atoms with Crippen molar-refractivity contribution in [1.29, 1.82) is 0 Å². The Morgan fingerprint density at radius 3 is 2.23 bits per heavy atom. The van der Waals surface area contributed by atoms with E-state index in [0.717, 1.165) is 13.0 Å². The van der Waals surface area contributed by atoms with Crippen LogP contribution in [-0.4, -0.2) is 24.5 Å². The first-order valence-electron chi connectivity index (χ1n) is 5.72. The van der Waals surface area contributed by atoms with Crippen molar-refractivity contribution in [3.8, 4) is 0 Å². The van der Waals surface area contributed by atoms with Gasteiger partial charge in [0.15, 0.2) is 0 Å². The summed E-state index contributed by atoms with van der Waals surface area (Å²) in [7, 11) is 0. The monoisotopic (exact) mass is 183 g/mol. The van der Waals surface area contributed by atoms with Crippen LogP contribution in [0.2, 0.25) is 0 Å². The topological polar surface area (TPSA) is 3.24 Å². The summed E-state index contributed by atoms with van der Waals surface area (Å²) in [5, 5.41) is 0. The van der Waals surface area contributed by atoms with Crippen molar-refractivity contribution in [2.75, 3.05) is 19.6 Å². The molecule has 78 valence electrons. The summed E-state index contributed by atoms with van der Waals surface area (Å²) in [6.07, 6.45) is 9.62. The first-order valence-corrected chi connectivity index (χ1v) is 5.72. The molecule has 0 radical (unpaired) electrons. The molecule has 0 fully saturated rings. The third-order valence-electron chi connectivity index (χ3n) is 2.13. The highest BCUT2D eigenvalue weighted by Gasteiger charge is 1.99. The molecule has 0 atom stereocenters. The van der Waals surface area contributed by atoms with Crippen LogP contribution in [0.3, 0.4) is 0 Å². The molecule has 0 aliphatic rings. The molecule has 0 saturated carbocycles. The molecule has 0 heterocycles. The molecule has 0 N–H and O–H groups in total. The molecule has 0 amide bonds. The highest BCUT2D eigenvalue weighted by Crippen LogP contribution is 1.97. The van der Waals surface area contributed by atoms with E-state index in [4.69, 9.17) is 0 Å². The van der Waals surface area contributed by atoms with Gasteiger partial charge in [0.25, 0.3) is 0 Å². The Balaban J connectivity index is 3.59. The first kappa shape index (κ1) is 12.7. The maximum absolute atomic E-state index is 2.54. The average Bonchev–Trinajstić information content (AvgIpc) is 2.14. The first-order chi connectivity index (χ1) is 6.35. The summed E-state index contributed by atoms with van der Waals surface area (Å²) < 4.78 is 0. The molecule has 1 nitrogen and oxygen atoms in total. The van der Waals surface area contributed by atoms with E-state index in [1.165, 1.54) is 32.4 Å². The molecular formula is C12H25N. The van der Waals surface area contributed by atoms with E-state index in [0.29, 0.717) is 0 Å². The van der Waals surface area contributed by atoms with Crippen LogP contribution < -0.4 is 0 Å². The van der Waals surface area contributed by atoms with Gasteiger partial charge in [0.2, 0.25) is 0 Å². The number of unbranched alkanes of at least 4 members (excludes halogenated alkanes) is 1. The molecule has 0 unspecified atom stereocenters. The van der Waals surface area contributed by atoms with E-state index in [9.17, 15) is 0 Å². The predicted octanol–water partition coefficient (Wildman–Crippen LogP) is 3.46. The standard InChI is InChI=1S/C12H25N/c1-4-7-9-12-13(10-6-3)11-8-5-2/h7,9H,4-6,8,10-12H2,1-3H3. The van der Waals surface area contributed by atoms with Gasteiger partial charge in [-0.25, -0.2) is 0 Å². The van der Waals surface area contributed by atoms with E-state index in [-0.39, 0.29) is 0 Å². The van der Waals surface area contributed by atoms with Gasteiger partial charge >= 0.3 is 0 Å². The molecule has 0 aliphatic heterocycles. The fourth-order valence-corrected chi connectivity index (χ4v) is 1.38. The van der Waals surface area contributed by atoms with Crippen molar-refractivity contribution in [2.24, 2.45) is 0 Å². The Hall–Kier alpha value is -0.300. The molecule has 0 saturated heterocycles. The van der Waals surface area contributed by atoms with Crippen molar-refractivity contribution in [1.82, 2.24) is 4.90 Å². The maximum Gasteiger partial charge on any atom is 0.0163 e. The summed E-state index contributed by atoms with van der Waals surface area (Å²) >= 11 is 0. The molecule has 13 heavy (non-hydrogen) atoms. The largest absolute Gasteiger partial charge is 0.300 e. The van der Waals surface area contributed by atoms with E-state index < -0.39 is 0 Å². The Morgan fingerprint density at radius 1 is 0.923 bits per heavy atom. The van der Waals surface area contributed by atoms with Crippen LogP contribution in [0.25, 0.3) is 0 Å². The van der Waals surface area contributed by atoms with E-state index in [1.54, 1.807) is 0 Å². The summed E-state index contributed by atoms with van der Waals surface area (Å²) in [5.41, 5.74) is 0. The van der Waals surface area contributed by atoms with Crippen molar-refractivity contribution in [2.45, 2.75) is 46.5 Å². The van der Waals surface area contributed by atoms with E-state index in [1.807, 2.05) is 0 Å². The van der Waals surface area contributed by atoms with Gasteiger partial charge in [-0.3, -0.25) is 4.90 Å². The lowest BCUT2D eigenvalue weighted by Gasteiger charge is -2.19. The van der Waals surface area contributed by atoms with Gasteiger partial charge in [-0.15, -0.1) is 0 Å². The van der Waals surface area contributed by atoms with Crippen LogP contribution in [0, 0.1) is 0 Å². The molecule has 0 rings (SSSR count). The predicted molar refractivity (Wildman–Crippen MR) is 61.1 cm³/mol. The molecule has 0 aromatic carbocycles.